The molecule has 0 aromatic carbocycles. The van der Waals surface area contributed by atoms with Gasteiger partial charge in [-0.25, -0.2) is 9.97 Å². The lowest BCUT2D eigenvalue weighted by Crippen LogP contribution is -2.33. The third-order valence-electron chi connectivity index (χ3n) is 4.64. The standard InChI is InChI=1S/C18H21N5O2/c24-17-10-14(11-20-15-4-1-2-7-19-15)21-16-12-22(8-3-9-23(16)17)18(25)13-5-6-13/h1-2,4,7,10,13H,3,5-6,8-9,11-12H2,(H,19,20). The lowest BCUT2D eigenvalue weighted by atomic mass is 10.3. The highest BCUT2D eigenvalue weighted by atomic mass is 16.2. The van der Waals surface area contributed by atoms with Gasteiger partial charge in [-0.2, -0.15) is 0 Å². The topological polar surface area (TPSA) is 80.1 Å². The van der Waals surface area contributed by atoms with Gasteiger partial charge >= 0.3 is 0 Å². The SMILES string of the molecule is O=C(C1CC1)N1CCCn2c(nc(CNc3ccccn3)cc2=O)C1. The molecular formula is C18H21N5O2. The number of nitrogens with one attached hydrogen (secondary N) is 1. The molecule has 0 atom stereocenters. The number of carbonyl (C=O) groups excluding carboxylic acids is 1. The molecule has 1 saturated carbocycles. The first-order chi connectivity index (χ1) is 12.2. The Morgan fingerprint density at radius 1 is 1.28 bits per heavy atom. The highest BCUT2D eigenvalue weighted by Gasteiger charge is 2.34. The van der Waals surface area contributed by atoms with Gasteiger partial charge in [0.05, 0.1) is 18.8 Å². The summed E-state index contributed by atoms with van der Waals surface area (Å²) >= 11 is 0. The van der Waals surface area contributed by atoms with Crippen LogP contribution >= 0.6 is 0 Å². The van der Waals surface area contributed by atoms with Gasteiger partial charge < -0.3 is 10.2 Å². The van der Waals surface area contributed by atoms with E-state index in [0.29, 0.717) is 37.7 Å². The van der Waals surface area contributed by atoms with Crippen LogP contribution in [-0.4, -0.2) is 31.9 Å². The molecular weight excluding hydrogens is 318 g/mol. The molecule has 7 nitrogen and oxygen atoms in total. The third kappa shape index (κ3) is 3.55. The minimum absolute atomic E-state index is 0.0523. The van der Waals surface area contributed by atoms with E-state index in [2.05, 4.69) is 15.3 Å². The van der Waals surface area contributed by atoms with Gasteiger partial charge in [0.2, 0.25) is 5.91 Å². The van der Waals surface area contributed by atoms with Crippen molar-refractivity contribution in [3.8, 4) is 0 Å². The average molecular weight is 339 g/mol. The molecule has 1 aliphatic heterocycles. The zero-order valence-corrected chi connectivity index (χ0v) is 14.0. The van der Waals surface area contributed by atoms with Crippen LogP contribution in [0.4, 0.5) is 5.82 Å². The van der Waals surface area contributed by atoms with Crippen molar-refractivity contribution in [2.24, 2.45) is 5.92 Å². The Balaban J connectivity index is 1.54. The van der Waals surface area contributed by atoms with Gasteiger partial charge in [-0.15, -0.1) is 0 Å². The molecule has 2 aliphatic rings. The summed E-state index contributed by atoms with van der Waals surface area (Å²) in [5.74, 6) is 1.81. The van der Waals surface area contributed by atoms with Gasteiger partial charge in [0.15, 0.2) is 0 Å². The van der Waals surface area contributed by atoms with E-state index >= 15 is 0 Å². The molecule has 1 amide bonds. The summed E-state index contributed by atoms with van der Waals surface area (Å²) in [6.45, 7) is 2.15. The van der Waals surface area contributed by atoms with Gasteiger partial charge in [0.1, 0.15) is 11.6 Å². The lowest BCUT2D eigenvalue weighted by Gasteiger charge is -2.20. The summed E-state index contributed by atoms with van der Waals surface area (Å²) < 4.78 is 1.70. The molecule has 2 aromatic heterocycles. The number of hydrogen-bond acceptors (Lipinski definition) is 5. The van der Waals surface area contributed by atoms with Crippen LogP contribution in [0.3, 0.4) is 0 Å². The molecule has 0 unspecified atom stereocenters. The van der Waals surface area contributed by atoms with E-state index in [-0.39, 0.29) is 17.4 Å². The summed E-state index contributed by atoms with van der Waals surface area (Å²) in [7, 11) is 0. The summed E-state index contributed by atoms with van der Waals surface area (Å²) in [5.41, 5.74) is 0.617. The first kappa shape index (κ1) is 15.8. The fraction of sp³-hybridized carbons (Fsp3) is 0.444. The molecule has 0 saturated heterocycles. The Bertz CT molecular complexity index is 829. The minimum Gasteiger partial charge on any atom is -0.364 e. The Morgan fingerprint density at radius 3 is 2.92 bits per heavy atom. The second-order valence-electron chi connectivity index (χ2n) is 6.61. The quantitative estimate of drug-likeness (QED) is 0.910. The molecule has 25 heavy (non-hydrogen) atoms. The van der Waals surface area contributed by atoms with Gasteiger partial charge in [-0.1, -0.05) is 6.07 Å². The lowest BCUT2D eigenvalue weighted by molar-refractivity contribution is -0.133. The number of fused-ring (bicyclic) bond motifs is 1. The number of amides is 1. The fourth-order valence-corrected chi connectivity index (χ4v) is 3.15. The normalized spacial score (nSPS) is 16.9. The first-order valence-corrected chi connectivity index (χ1v) is 8.74. The number of aromatic nitrogens is 3. The van der Waals surface area contributed by atoms with E-state index in [1.54, 1.807) is 16.8 Å². The summed E-state index contributed by atoms with van der Waals surface area (Å²) in [4.78, 5) is 35.5. The van der Waals surface area contributed by atoms with Gasteiger partial charge in [0.25, 0.3) is 5.56 Å². The number of anilines is 1. The van der Waals surface area contributed by atoms with E-state index in [9.17, 15) is 9.59 Å². The van der Waals surface area contributed by atoms with Gasteiger partial charge in [0, 0.05) is 31.3 Å². The average Bonchev–Trinajstić information content (AvgIpc) is 3.47. The van der Waals surface area contributed by atoms with Gasteiger partial charge in [-0.05, 0) is 31.4 Å². The second-order valence-corrected chi connectivity index (χ2v) is 6.61. The summed E-state index contributed by atoms with van der Waals surface area (Å²) in [6.07, 6.45) is 4.48. The highest BCUT2D eigenvalue weighted by Crippen LogP contribution is 2.31. The highest BCUT2D eigenvalue weighted by molar-refractivity contribution is 5.81. The predicted octanol–water partition coefficient (Wildman–Crippen LogP) is 1.39. The molecule has 4 rings (SSSR count). The molecule has 1 fully saturated rings. The van der Waals surface area contributed by atoms with Crippen molar-refractivity contribution in [1.82, 2.24) is 19.4 Å². The maximum atomic E-state index is 12.4. The van der Waals surface area contributed by atoms with E-state index < -0.39 is 0 Å². The molecule has 0 spiro atoms. The van der Waals surface area contributed by atoms with Crippen LogP contribution in [0.5, 0.6) is 0 Å². The van der Waals surface area contributed by atoms with E-state index in [4.69, 9.17) is 0 Å². The Hall–Kier alpha value is -2.70. The fourth-order valence-electron chi connectivity index (χ4n) is 3.15. The maximum Gasteiger partial charge on any atom is 0.253 e. The van der Waals surface area contributed by atoms with E-state index in [1.165, 1.54) is 0 Å². The van der Waals surface area contributed by atoms with Crippen molar-refractivity contribution in [1.29, 1.82) is 0 Å². The molecule has 1 N–H and O–H groups in total. The predicted molar refractivity (Wildman–Crippen MR) is 92.8 cm³/mol. The monoisotopic (exact) mass is 339 g/mol. The van der Waals surface area contributed by atoms with Crippen molar-refractivity contribution >= 4 is 11.7 Å². The van der Waals surface area contributed by atoms with Crippen LogP contribution in [-0.2, 0) is 24.4 Å². The van der Waals surface area contributed by atoms with Crippen molar-refractivity contribution in [3.63, 3.8) is 0 Å². The third-order valence-corrected chi connectivity index (χ3v) is 4.64. The number of pyridine rings is 1. The zero-order chi connectivity index (χ0) is 17.2. The number of carbonyl (C=O) groups is 1. The smallest absolute Gasteiger partial charge is 0.253 e. The molecule has 130 valence electrons. The van der Waals surface area contributed by atoms with Crippen LogP contribution in [0.2, 0.25) is 0 Å². The first-order valence-electron chi connectivity index (χ1n) is 8.74. The molecule has 3 heterocycles. The Morgan fingerprint density at radius 2 is 2.16 bits per heavy atom. The maximum absolute atomic E-state index is 12.4. The van der Waals surface area contributed by atoms with Crippen molar-refractivity contribution in [2.45, 2.75) is 38.9 Å². The van der Waals surface area contributed by atoms with Crippen LogP contribution < -0.4 is 10.9 Å². The molecule has 0 bridgehead atoms. The van der Waals surface area contributed by atoms with E-state index in [1.807, 2.05) is 23.1 Å². The van der Waals surface area contributed by atoms with Crippen molar-refractivity contribution < 1.29 is 4.79 Å². The van der Waals surface area contributed by atoms with Crippen LogP contribution in [0, 0.1) is 5.92 Å². The second kappa shape index (κ2) is 6.66. The van der Waals surface area contributed by atoms with Gasteiger partial charge in [-0.3, -0.25) is 14.2 Å². The molecule has 0 radical (unpaired) electrons. The molecule has 2 aromatic rings. The minimum atomic E-state index is -0.0523. The molecule has 7 heteroatoms. The Labute approximate surface area is 145 Å². The molecule has 1 aliphatic carbocycles. The number of rotatable bonds is 4. The summed E-state index contributed by atoms with van der Waals surface area (Å²) in [5, 5.41) is 3.17. The van der Waals surface area contributed by atoms with Crippen LogP contribution in [0.1, 0.15) is 30.8 Å². The van der Waals surface area contributed by atoms with Crippen molar-refractivity contribution in [3.05, 3.63) is 52.3 Å². The number of nitrogens with zero attached hydrogens (tertiary/aromatic N) is 4. The van der Waals surface area contributed by atoms with E-state index in [0.717, 1.165) is 25.1 Å². The largest absolute Gasteiger partial charge is 0.364 e. The number of hydrogen-bond donors (Lipinski definition) is 1. The van der Waals surface area contributed by atoms with Crippen LogP contribution in [0.25, 0.3) is 0 Å². The van der Waals surface area contributed by atoms with Crippen molar-refractivity contribution in [2.75, 3.05) is 11.9 Å². The summed E-state index contributed by atoms with van der Waals surface area (Å²) in [6, 6.07) is 7.18. The zero-order valence-electron chi connectivity index (χ0n) is 14.0. The van der Waals surface area contributed by atoms with Crippen LogP contribution in [0.15, 0.2) is 35.3 Å². The Kier molecular flexibility index (Phi) is 4.21.